The Hall–Kier alpha value is -2.19. The van der Waals surface area contributed by atoms with Crippen molar-refractivity contribution in [2.45, 2.75) is 44.0 Å². The van der Waals surface area contributed by atoms with Gasteiger partial charge in [-0.25, -0.2) is 13.1 Å². The monoisotopic (exact) mass is 363 g/mol. The van der Waals surface area contributed by atoms with Gasteiger partial charge in [-0.3, -0.25) is 10.1 Å². The zero-order chi connectivity index (χ0) is 18.2. The lowest BCUT2D eigenvalue weighted by atomic mass is 10.2. The first-order valence-corrected chi connectivity index (χ1v) is 9.69. The molecule has 1 aliphatic carbocycles. The highest BCUT2D eigenvalue weighted by molar-refractivity contribution is 7.89. The van der Waals surface area contributed by atoms with E-state index in [2.05, 4.69) is 29.2 Å². The van der Waals surface area contributed by atoms with Gasteiger partial charge in [0.1, 0.15) is 0 Å². The lowest BCUT2D eigenvalue weighted by Crippen LogP contribution is -2.26. The SMILES string of the molecule is Cc1cc(CCNS(=O)(=O)c2cccc([N+](=O)[O-])c2)c(C)n1C1CC1. The number of hydrogen-bond donors (Lipinski definition) is 1. The Morgan fingerprint density at radius 1 is 1.28 bits per heavy atom. The Morgan fingerprint density at radius 3 is 2.64 bits per heavy atom. The second-order valence-corrected chi connectivity index (χ2v) is 8.17. The number of rotatable bonds is 7. The molecular weight excluding hydrogens is 342 g/mol. The largest absolute Gasteiger partial charge is 0.346 e. The van der Waals surface area contributed by atoms with Gasteiger partial charge in [0.25, 0.3) is 5.69 Å². The molecule has 1 fully saturated rings. The molecule has 134 valence electrons. The Bertz CT molecular complexity index is 914. The molecule has 0 amide bonds. The van der Waals surface area contributed by atoms with Gasteiger partial charge in [0.15, 0.2) is 0 Å². The average molecular weight is 363 g/mol. The highest BCUT2D eigenvalue weighted by Gasteiger charge is 2.27. The standard InChI is InChI=1S/C17H21N3O4S/c1-12-10-14(13(2)19(12)15-6-7-15)8-9-18-25(23,24)17-5-3-4-16(11-17)20(21)22/h3-5,10-11,15,18H,6-9H2,1-2H3. The van der Waals surface area contributed by atoms with E-state index in [-0.39, 0.29) is 17.1 Å². The molecule has 25 heavy (non-hydrogen) atoms. The third-order valence-electron chi connectivity index (χ3n) is 4.53. The van der Waals surface area contributed by atoms with Crippen molar-refractivity contribution in [3.05, 3.63) is 57.4 Å². The number of nitro groups is 1. The number of nitrogens with zero attached hydrogens (tertiary/aromatic N) is 2. The van der Waals surface area contributed by atoms with E-state index < -0.39 is 14.9 Å². The van der Waals surface area contributed by atoms with E-state index in [1.54, 1.807) is 0 Å². The fraction of sp³-hybridized carbons (Fsp3) is 0.412. The molecular formula is C17H21N3O4S. The van der Waals surface area contributed by atoms with Crippen molar-refractivity contribution in [1.82, 2.24) is 9.29 Å². The number of nitrogens with one attached hydrogen (secondary N) is 1. The van der Waals surface area contributed by atoms with Crippen LogP contribution in [0.25, 0.3) is 0 Å². The molecule has 0 radical (unpaired) electrons. The maximum absolute atomic E-state index is 12.3. The predicted octanol–water partition coefficient (Wildman–Crippen LogP) is 2.87. The Labute approximate surface area is 146 Å². The van der Waals surface area contributed by atoms with Crippen molar-refractivity contribution in [3.8, 4) is 0 Å². The Morgan fingerprint density at radius 2 is 2.00 bits per heavy atom. The highest BCUT2D eigenvalue weighted by Crippen LogP contribution is 2.38. The third-order valence-corrected chi connectivity index (χ3v) is 5.99. The van der Waals surface area contributed by atoms with Crippen LogP contribution in [0.3, 0.4) is 0 Å². The van der Waals surface area contributed by atoms with Crippen molar-refractivity contribution < 1.29 is 13.3 Å². The molecule has 1 aromatic carbocycles. The molecule has 0 aliphatic heterocycles. The summed E-state index contributed by atoms with van der Waals surface area (Å²) >= 11 is 0. The van der Waals surface area contributed by atoms with Crippen LogP contribution in [0.5, 0.6) is 0 Å². The molecule has 1 aliphatic rings. The first-order chi connectivity index (χ1) is 11.8. The molecule has 1 saturated carbocycles. The summed E-state index contributed by atoms with van der Waals surface area (Å²) in [6.45, 7) is 4.39. The Kier molecular flexibility index (Phi) is 4.66. The van der Waals surface area contributed by atoms with Gasteiger partial charge in [0.2, 0.25) is 10.0 Å². The topological polar surface area (TPSA) is 94.2 Å². The summed E-state index contributed by atoms with van der Waals surface area (Å²) in [5.41, 5.74) is 3.29. The molecule has 0 saturated heterocycles. The lowest BCUT2D eigenvalue weighted by Gasteiger charge is -2.09. The van der Waals surface area contributed by atoms with Crippen LogP contribution in [0.1, 0.15) is 35.8 Å². The maximum Gasteiger partial charge on any atom is 0.270 e. The van der Waals surface area contributed by atoms with Crippen LogP contribution in [0.4, 0.5) is 5.69 Å². The van der Waals surface area contributed by atoms with Gasteiger partial charge < -0.3 is 4.57 Å². The number of aromatic nitrogens is 1. The zero-order valence-corrected chi connectivity index (χ0v) is 15.0. The van der Waals surface area contributed by atoms with Gasteiger partial charge in [0, 0.05) is 36.1 Å². The number of sulfonamides is 1. The summed E-state index contributed by atoms with van der Waals surface area (Å²) in [6, 6.07) is 7.77. The van der Waals surface area contributed by atoms with Crippen molar-refractivity contribution in [3.63, 3.8) is 0 Å². The molecule has 8 heteroatoms. The second-order valence-electron chi connectivity index (χ2n) is 6.40. The number of nitro benzene ring substituents is 1. The third kappa shape index (κ3) is 3.74. The van der Waals surface area contributed by atoms with Gasteiger partial charge in [-0.15, -0.1) is 0 Å². The number of aryl methyl sites for hydroxylation is 1. The van der Waals surface area contributed by atoms with Crippen molar-refractivity contribution in [2.24, 2.45) is 0 Å². The van der Waals surface area contributed by atoms with Gasteiger partial charge in [-0.05, 0) is 50.8 Å². The first kappa shape index (κ1) is 17.6. The summed E-state index contributed by atoms with van der Waals surface area (Å²) < 4.78 is 29.5. The molecule has 1 aromatic heterocycles. The second kappa shape index (κ2) is 6.61. The van der Waals surface area contributed by atoms with E-state index >= 15 is 0 Å². The van der Waals surface area contributed by atoms with Crippen LogP contribution >= 0.6 is 0 Å². The summed E-state index contributed by atoms with van der Waals surface area (Å²) in [7, 11) is -3.77. The van der Waals surface area contributed by atoms with E-state index in [1.807, 2.05) is 0 Å². The van der Waals surface area contributed by atoms with Crippen molar-refractivity contribution >= 4 is 15.7 Å². The van der Waals surface area contributed by atoms with Crippen LogP contribution in [0.15, 0.2) is 35.2 Å². The van der Waals surface area contributed by atoms with Crippen LogP contribution < -0.4 is 4.72 Å². The molecule has 0 atom stereocenters. The summed E-state index contributed by atoms with van der Waals surface area (Å²) in [5.74, 6) is 0. The summed E-state index contributed by atoms with van der Waals surface area (Å²) in [5, 5.41) is 10.8. The van der Waals surface area contributed by atoms with Gasteiger partial charge in [0.05, 0.1) is 9.82 Å². The zero-order valence-electron chi connectivity index (χ0n) is 14.2. The van der Waals surface area contributed by atoms with Crippen LogP contribution in [-0.4, -0.2) is 24.5 Å². The fourth-order valence-corrected chi connectivity index (χ4v) is 4.23. The van der Waals surface area contributed by atoms with Gasteiger partial charge in [-0.1, -0.05) is 6.07 Å². The molecule has 7 nitrogen and oxygen atoms in total. The van der Waals surface area contributed by atoms with Crippen LogP contribution in [0.2, 0.25) is 0 Å². The number of hydrogen-bond acceptors (Lipinski definition) is 4. The molecule has 3 rings (SSSR count). The van der Waals surface area contributed by atoms with Crippen molar-refractivity contribution in [2.75, 3.05) is 6.54 Å². The molecule has 0 bridgehead atoms. The summed E-state index contributed by atoms with van der Waals surface area (Å²) in [6.07, 6.45) is 2.99. The lowest BCUT2D eigenvalue weighted by molar-refractivity contribution is -0.385. The molecule has 1 heterocycles. The Balaban J connectivity index is 1.68. The quantitative estimate of drug-likeness (QED) is 0.604. The smallest absolute Gasteiger partial charge is 0.270 e. The average Bonchev–Trinajstić information content (AvgIpc) is 3.34. The number of non-ortho nitro benzene ring substituents is 1. The minimum absolute atomic E-state index is 0.0925. The van der Waals surface area contributed by atoms with E-state index in [4.69, 9.17) is 0 Å². The van der Waals surface area contributed by atoms with Gasteiger partial charge >= 0.3 is 0 Å². The first-order valence-electron chi connectivity index (χ1n) is 8.21. The minimum atomic E-state index is -3.77. The fourth-order valence-electron chi connectivity index (χ4n) is 3.16. The van der Waals surface area contributed by atoms with Crippen LogP contribution in [-0.2, 0) is 16.4 Å². The van der Waals surface area contributed by atoms with E-state index in [1.165, 1.54) is 42.4 Å². The molecule has 0 spiro atoms. The van der Waals surface area contributed by atoms with Crippen molar-refractivity contribution in [1.29, 1.82) is 0 Å². The molecule has 1 N–H and O–H groups in total. The predicted molar refractivity (Wildman–Crippen MR) is 94.2 cm³/mol. The normalized spacial score (nSPS) is 14.6. The van der Waals surface area contributed by atoms with E-state index in [0.29, 0.717) is 12.5 Å². The molecule has 2 aromatic rings. The number of benzene rings is 1. The maximum atomic E-state index is 12.3. The van der Waals surface area contributed by atoms with Gasteiger partial charge in [-0.2, -0.15) is 0 Å². The van der Waals surface area contributed by atoms with E-state index in [0.717, 1.165) is 11.6 Å². The highest BCUT2D eigenvalue weighted by atomic mass is 32.2. The van der Waals surface area contributed by atoms with Crippen LogP contribution in [0, 0.1) is 24.0 Å². The summed E-state index contributed by atoms with van der Waals surface area (Å²) in [4.78, 5) is 10.1. The molecule has 0 unspecified atom stereocenters. The minimum Gasteiger partial charge on any atom is -0.346 e. The van der Waals surface area contributed by atoms with E-state index in [9.17, 15) is 18.5 Å².